The van der Waals surface area contributed by atoms with Crippen LogP contribution in [0.25, 0.3) is 0 Å². The Balaban J connectivity index is 1.60. The number of alkyl halides is 3. The number of nitrogens with one attached hydrogen (secondary N) is 1. The van der Waals surface area contributed by atoms with E-state index in [4.69, 9.17) is 0 Å². The summed E-state index contributed by atoms with van der Waals surface area (Å²) < 4.78 is 37.9. The second-order valence-corrected chi connectivity index (χ2v) is 5.96. The van der Waals surface area contributed by atoms with Crippen LogP contribution in [0.5, 0.6) is 0 Å². The fourth-order valence-electron chi connectivity index (χ4n) is 3.14. The maximum Gasteiger partial charge on any atom is 0.391 e. The highest BCUT2D eigenvalue weighted by Crippen LogP contribution is 2.42. The standard InChI is InChI=1S/C15H19F3N2/c16-15(17,18)13-4-1-10(2-5-13)14-6-3-11(9-20-14)12-7-19-8-12/h3,6,9-10,12-13,19H,1-2,4-5,7-8H2. The summed E-state index contributed by atoms with van der Waals surface area (Å²) in [5.41, 5.74) is 2.19. The number of nitrogens with zero attached hydrogens (tertiary/aromatic N) is 1. The quantitative estimate of drug-likeness (QED) is 0.897. The van der Waals surface area contributed by atoms with Crippen LogP contribution in [-0.2, 0) is 0 Å². The van der Waals surface area contributed by atoms with Crippen molar-refractivity contribution in [3.8, 4) is 0 Å². The van der Waals surface area contributed by atoms with Gasteiger partial charge in [-0.1, -0.05) is 6.07 Å². The Morgan fingerprint density at radius 2 is 1.70 bits per heavy atom. The van der Waals surface area contributed by atoms with Crippen LogP contribution in [-0.4, -0.2) is 24.2 Å². The van der Waals surface area contributed by atoms with Crippen LogP contribution in [0, 0.1) is 5.92 Å². The average Bonchev–Trinajstić information content (AvgIpc) is 2.37. The third-order valence-electron chi connectivity index (χ3n) is 4.67. The van der Waals surface area contributed by atoms with Crippen molar-refractivity contribution < 1.29 is 13.2 Å². The first kappa shape index (κ1) is 13.9. The largest absolute Gasteiger partial charge is 0.391 e. The molecule has 0 unspecified atom stereocenters. The monoisotopic (exact) mass is 284 g/mol. The first-order valence-corrected chi connectivity index (χ1v) is 7.27. The van der Waals surface area contributed by atoms with E-state index in [-0.39, 0.29) is 18.8 Å². The molecule has 1 aliphatic carbocycles. The molecule has 110 valence electrons. The maximum atomic E-state index is 12.6. The molecule has 1 saturated carbocycles. The summed E-state index contributed by atoms with van der Waals surface area (Å²) in [6.45, 7) is 2.00. The second kappa shape index (κ2) is 5.35. The van der Waals surface area contributed by atoms with E-state index in [1.807, 2.05) is 12.3 Å². The Labute approximate surface area is 116 Å². The number of pyridine rings is 1. The molecule has 2 heterocycles. The highest BCUT2D eigenvalue weighted by molar-refractivity contribution is 5.23. The number of rotatable bonds is 2. The van der Waals surface area contributed by atoms with Gasteiger partial charge in [0.25, 0.3) is 0 Å². The number of halogens is 3. The van der Waals surface area contributed by atoms with Gasteiger partial charge >= 0.3 is 6.18 Å². The fraction of sp³-hybridized carbons (Fsp3) is 0.667. The van der Waals surface area contributed by atoms with E-state index in [2.05, 4.69) is 16.4 Å². The van der Waals surface area contributed by atoms with Crippen molar-refractivity contribution >= 4 is 0 Å². The highest BCUT2D eigenvalue weighted by atomic mass is 19.4. The molecule has 3 rings (SSSR count). The zero-order valence-electron chi connectivity index (χ0n) is 11.3. The Kier molecular flexibility index (Phi) is 3.71. The van der Waals surface area contributed by atoms with Crippen LogP contribution in [0.1, 0.15) is 48.8 Å². The van der Waals surface area contributed by atoms with Crippen LogP contribution in [0.4, 0.5) is 13.2 Å². The Morgan fingerprint density at radius 1 is 1.00 bits per heavy atom. The van der Waals surface area contributed by atoms with Crippen LogP contribution in [0.2, 0.25) is 0 Å². The van der Waals surface area contributed by atoms with Gasteiger partial charge in [0, 0.05) is 36.8 Å². The molecule has 20 heavy (non-hydrogen) atoms. The fourth-order valence-corrected chi connectivity index (χ4v) is 3.14. The molecule has 0 atom stereocenters. The van der Waals surface area contributed by atoms with Gasteiger partial charge in [-0.15, -0.1) is 0 Å². The van der Waals surface area contributed by atoms with Crippen molar-refractivity contribution in [2.45, 2.75) is 43.7 Å². The summed E-state index contributed by atoms with van der Waals surface area (Å²) in [4.78, 5) is 4.48. The van der Waals surface area contributed by atoms with Gasteiger partial charge in [-0.05, 0) is 37.3 Å². The van der Waals surface area contributed by atoms with Gasteiger partial charge in [0.15, 0.2) is 0 Å². The number of hydrogen-bond donors (Lipinski definition) is 1. The van der Waals surface area contributed by atoms with Gasteiger partial charge in [-0.25, -0.2) is 0 Å². The number of aromatic nitrogens is 1. The minimum atomic E-state index is -4.03. The van der Waals surface area contributed by atoms with Gasteiger partial charge in [0.2, 0.25) is 0 Å². The van der Waals surface area contributed by atoms with Gasteiger partial charge in [0.05, 0.1) is 5.92 Å². The lowest BCUT2D eigenvalue weighted by Gasteiger charge is -2.30. The second-order valence-electron chi connectivity index (χ2n) is 5.96. The lowest BCUT2D eigenvalue weighted by atomic mass is 9.80. The normalized spacial score (nSPS) is 28.1. The van der Waals surface area contributed by atoms with E-state index in [0.29, 0.717) is 18.8 Å². The van der Waals surface area contributed by atoms with Crippen molar-refractivity contribution in [1.29, 1.82) is 0 Å². The third kappa shape index (κ3) is 2.82. The summed E-state index contributed by atoms with van der Waals surface area (Å²) in [6.07, 6.45) is -0.451. The van der Waals surface area contributed by atoms with Gasteiger partial charge in [-0.3, -0.25) is 4.98 Å². The molecule has 1 aliphatic heterocycles. The Hall–Kier alpha value is -1.10. The summed E-state index contributed by atoms with van der Waals surface area (Å²) in [5.74, 6) is -0.362. The number of hydrogen-bond acceptors (Lipinski definition) is 2. The highest BCUT2D eigenvalue weighted by Gasteiger charge is 2.41. The molecule has 0 radical (unpaired) electrons. The maximum absolute atomic E-state index is 12.6. The molecule has 1 saturated heterocycles. The Bertz CT molecular complexity index is 443. The van der Waals surface area contributed by atoms with Gasteiger partial charge in [-0.2, -0.15) is 13.2 Å². The lowest BCUT2D eigenvalue weighted by molar-refractivity contribution is -0.182. The molecule has 1 aromatic heterocycles. The molecular weight excluding hydrogens is 265 g/mol. The van der Waals surface area contributed by atoms with Gasteiger partial charge in [0.1, 0.15) is 0 Å². The topological polar surface area (TPSA) is 24.9 Å². The Morgan fingerprint density at radius 3 is 2.15 bits per heavy atom. The average molecular weight is 284 g/mol. The molecule has 0 spiro atoms. The first-order chi connectivity index (χ1) is 9.54. The van der Waals surface area contributed by atoms with Gasteiger partial charge < -0.3 is 5.32 Å². The molecule has 0 amide bonds. The van der Waals surface area contributed by atoms with E-state index in [1.54, 1.807) is 0 Å². The molecule has 5 heteroatoms. The van der Waals surface area contributed by atoms with E-state index >= 15 is 0 Å². The van der Waals surface area contributed by atoms with E-state index in [1.165, 1.54) is 5.56 Å². The molecule has 1 aromatic rings. The zero-order valence-corrected chi connectivity index (χ0v) is 11.3. The molecule has 2 nitrogen and oxygen atoms in total. The summed E-state index contributed by atoms with van der Waals surface area (Å²) in [5, 5.41) is 3.22. The molecule has 2 aliphatic rings. The van der Waals surface area contributed by atoms with Crippen molar-refractivity contribution in [2.75, 3.05) is 13.1 Å². The molecule has 1 N–H and O–H groups in total. The third-order valence-corrected chi connectivity index (χ3v) is 4.67. The van der Waals surface area contributed by atoms with Crippen molar-refractivity contribution in [1.82, 2.24) is 10.3 Å². The summed E-state index contributed by atoms with van der Waals surface area (Å²) >= 11 is 0. The van der Waals surface area contributed by atoms with E-state index in [0.717, 1.165) is 18.8 Å². The predicted molar refractivity (Wildman–Crippen MR) is 70.6 cm³/mol. The van der Waals surface area contributed by atoms with E-state index in [9.17, 15) is 13.2 Å². The van der Waals surface area contributed by atoms with Crippen molar-refractivity contribution in [3.05, 3.63) is 29.6 Å². The molecular formula is C15H19F3N2. The van der Waals surface area contributed by atoms with Crippen LogP contribution >= 0.6 is 0 Å². The minimum absolute atomic E-state index is 0.196. The molecule has 2 fully saturated rings. The van der Waals surface area contributed by atoms with Crippen molar-refractivity contribution in [3.63, 3.8) is 0 Å². The zero-order chi connectivity index (χ0) is 14.2. The minimum Gasteiger partial charge on any atom is -0.315 e. The van der Waals surface area contributed by atoms with Crippen LogP contribution < -0.4 is 5.32 Å². The summed E-state index contributed by atoms with van der Waals surface area (Å²) in [6, 6.07) is 4.09. The SMILES string of the molecule is FC(F)(F)C1CCC(c2ccc(C3CNC3)cn2)CC1. The molecule has 0 aromatic carbocycles. The first-order valence-electron chi connectivity index (χ1n) is 7.27. The molecule has 0 bridgehead atoms. The van der Waals surface area contributed by atoms with E-state index < -0.39 is 12.1 Å². The van der Waals surface area contributed by atoms with Crippen molar-refractivity contribution in [2.24, 2.45) is 5.92 Å². The van der Waals surface area contributed by atoms with Crippen LogP contribution in [0.3, 0.4) is 0 Å². The smallest absolute Gasteiger partial charge is 0.315 e. The lowest BCUT2D eigenvalue weighted by Crippen LogP contribution is -2.39. The predicted octanol–water partition coefficient (Wildman–Crippen LogP) is 3.60. The summed E-state index contributed by atoms with van der Waals surface area (Å²) in [7, 11) is 0. The van der Waals surface area contributed by atoms with Crippen LogP contribution in [0.15, 0.2) is 18.3 Å².